The molecule has 0 aliphatic carbocycles. The number of carbonyl (C=O) groups is 1. The second kappa shape index (κ2) is 4.43. The third-order valence-corrected chi connectivity index (χ3v) is 3.23. The summed E-state index contributed by atoms with van der Waals surface area (Å²) in [4.78, 5) is 13.5. The van der Waals surface area contributed by atoms with Crippen molar-refractivity contribution in [3.63, 3.8) is 0 Å². The molecular formula is C13H22N4O2. The van der Waals surface area contributed by atoms with Gasteiger partial charge in [0, 0.05) is 26.1 Å². The third-order valence-electron chi connectivity index (χ3n) is 3.23. The third kappa shape index (κ3) is 2.67. The van der Waals surface area contributed by atoms with E-state index in [9.17, 15) is 4.79 Å². The first-order chi connectivity index (χ1) is 8.69. The highest BCUT2D eigenvalue weighted by Gasteiger charge is 2.37. The Morgan fingerprint density at radius 3 is 2.42 bits per heavy atom. The van der Waals surface area contributed by atoms with Gasteiger partial charge in [0.25, 0.3) is 0 Å². The maximum Gasteiger partial charge on any atom is 0.410 e. The van der Waals surface area contributed by atoms with E-state index >= 15 is 0 Å². The molecule has 1 aromatic heterocycles. The molecule has 6 nitrogen and oxygen atoms in total. The molecule has 0 unspecified atom stereocenters. The monoisotopic (exact) mass is 266 g/mol. The number of anilines is 1. The molecule has 0 radical (unpaired) electrons. The van der Waals surface area contributed by atoms with Crippen LogP contribution >= 0.6 is 0 Å². The Hall–Kier alpha value is -1.72. The van der Waals surface area contributed by atoms with Gasteiger partial charge in [-0.2, -0.15) is 5.10 Å². The predicted molar refractivity (Wildman–Crippen MR) is 72.9 cm³/mol. The van der Waals surface area contributed by atoms with Crippen molar-refractivity contribution in [1.29, 1.82) is 0 Å². The van der Waals surface area contributed by atoms with Gasteiger partial charge in [0.2, 0.25) is 0 Å². The summed E-state index contributed by atoms with van der Waals surface area (Å²) in [5.41, 5.74) is 8.15. The molecule has 2 rings (SSSR count). The zero-order valence-electron chi connectivity index (χ0n) is 12.2. The summed E-state index contributed by atoms with van der Waals surface area (Å²) >= 11 is 0. The smallest absolute Gasteiger partial charge is 0.410 e. The van der Waals surface area contributed by atoms with E-state index in [1.165, 1.54) is 0 Å². The van der Waals surface area contributed by atoms with E-state index in [2.05, 4.69) is 5.10 Å². The van der Waals surface area contributed by atoms with E-state index in [1.807, 2.05) is 39.4 Å². The summed E-state index contributed by atoms with van der Waals surface area (Å²) in [5.74, 6) is 0.249. The minimum atomic E-state index is -0.454. The van der Waals surface area contributed by atoms with E-state index in [4.69, 9.17) is 10.5 Å². The number of carbonyl (C=O) groups excluding carboxylic acids is 1. The van der Waals surface area contributed by atoms with Crippen LogP contribution in [-0.4, -0.2) is 39.5 Å². The Morgan fingerprint density at radius 2 is 2.00 bits per heavy atom. The lowest BCUT2D eigenvalue weighted by atomic mass is 9.95. The Labute approximate surface area is 113 Å². The number of amides is 1. The lowest BCUT2D eigenvalue weighted by molar-refractivity contribution is 0.00762. The Bertz CT molecular complexity index is 495. The highest BCUT2D eigenvalue weighted by atomic mass is 16.6. The molecule has 1 aliphatic heterocycles. The number of nitrogens with two attached hydrogens (primary N) is 1. The number of ether oxygens (including phenoxy) is 1. The van der Waals surface area contributed by atoms with Gasteiger partial charge >= 0.3 is 6.09 Å². The number of hydrogen-bond donors (Lipinski definition) is 1. The van der Waals surface area contributed by atoms with Gasteiger partial charge in [-0.3, -0.25) is 4.68 Å². The second-order valence-electron chi connectivity index (χ2n) is 6.09. The average molecular weight is 266 g/mol. The van der Waals surface area contributed by atoms with Crippen LogP contribution in [0.15, 0.2) is 0 Å². The van der Waals surface area contributed by atoms with E-state index in [0.29, 0.717) is 13.1 Å². The topological polar surface area (TPSA) is 73.4 Å². The quantitative estimate of drug-likeness (QED) is 0.838. The van der Waals surface area contributed by atoms with Crippen LogP contribution in [0.5, 0.6) is 0 Å². The van der Waals surface area contributed by atoms with E-state index in [0.717, 1.165) is 17.1 Å². The van der Waals surface area contributed by atoms with Gasteiger partial charge in [0.05, 0.1) is 17.1 Å². The van der Waals surface area contributed by atoms with Gasteiger partial charge in [-0.25, -0.2) is 4.79 Å². The Kier molecular flexibility index (Phi) is 3.20. The van der Waals surface area contributed by atoms with Gasteiger partial charge in [-0.15, -0.1) is 0 Å². The lowest BCUT2D eigenvalue weighted by Crippen LogP contribution is -2.50. The van der Waals surface area contributed by atoms with Crippen molar-refractivity contribution in [3.8, 4) is 0 Å². The molecule has 0 atom stereocenters. The van der Waals surface area contributed by atoms with Crippen LogP contribution in [0.1, 0.15) is 38.1 Å². The first kappa shape index (κ1) is 13.7. The minimum Gasteiger partial charge on any atom is -0.444 e. The lowest BCUT2D eigenvalue weighted by Gasteiger charge is -2.39. The SMILES string of the molecule is Cc1nn(C)c(C2CN(C(=O)OC(C)(C)C)C2)c1N. The molecule has 106 valence electrons. The molecule has 1 aliphatic rings. The van der Waals surface area contributed by atoms with Crippen molar-refractivity contribution < 1.29 is 9.53 Å². The summed E-state index contributed by atoms with van der Waals surface area (Å²) in [6.45, 7) is 8.76. The molecule has 6 heteroatoms. The zero-order valence-corrected chi connectivity index (χ0v) is 12.2. The predicted octanol–water partition coefficient (Wildman–Crippen LogP) is 1.65. The molecule has 1 aromatic rings. The molecule has 0 spiro atoms. The van der Waals surface area contributed by atoms with Gasteiger partial charge in [-0.1, -0.05) is 0 Å². The molecule has 1 fully saturated rings. The molecule has 2 N–H and O–H groups in total. The normalized spacial score (nSPS) is 16.4. The molecule has 1 saturated heterocycles. The van der Waals surface area contributed by atoms with Crippen LogP contribution in [0.25, 0.3) is 0 Å². The van der Waals surface area contributed by atoms with Gasteiger partial charge < -0.3 is 15.4 Å². The Morgan fingerprint density at radius 1 is 1.42 bits per heavy atom. The summed E-state index contributed by atoms with van der Waals surface area (Å²) in [6, 6.07) is 0. The fourth-order valence-corrected chi connectivity index (χ4v) is 2.30. The molecular weight excluding hydrogens is 244 g/mol. The largest absolute Gasteiger partial charge is 0.444 e. The van der Waals surface area contributed by atoms with Crippen molar-refractivity contribution in [1.82, 2.24) is 14.7 Å². The van der Waals surface area contributed by atoms with Crippen LogP contribution in [-0.2, 0) is 11.8 Å². The number of rotatable bonds is 1. The first-order valence-corrected chi connectivity index (χ1v) is 6.46. The first-order valence-electron chi connectivity index (χ1n) is 6.46. The van der Waals surface area contributed by atoms with Crippen LogP contribution in [0.4, 0.5) is 10.5 Å². The average Bonchev–Trinajstić information content (AvgIpc) is 2.39. The molecule has 0 aromatic carbocycles. The number of likely N-dealkylation sites (tertiary alicyclic amines) is 1. The van der Waals surface area contributed by atoms with Crippen molar-refractivity contribution in [2.45, 2.75) is 39.2 Å². The molecule has 2 heterocycles. The Balaban J connectivity index is 1.98. The van der Waals surface area contributed by atoms with Crippen molar-refractivity contribution in [2.24, 2.45) is 7.05 Å². The summed E-state index contributed by atoms with van der Waals surface area (Å²) in [6.07, 6.45) is -0.263. The second-order valence-corrected chi connectivity index (χ2v) is 6.09. The minimum absolute atomic E-state index is 0.249. The number of nitrogen functional groups attached to an aromatic ring is 1. The maximum atomic E-state index is 11.8. The van der Waals surface area contributed by atoms with E-state index in [-0.39, 0.29) is 12.0 Å². The van der Waals surface area contributed by atoms with Crippen molar-refractivity contribution in [3.05, 3.63) is 11.4 Å². The summed E-state index contributed by atoms with van der Waals surface area (Å²) < 4.78 is 7.13. The number of aromatic nitrogens is 2. The molecule has 0 bridgehead atoms. The number of aryl methyl sites for hydroxylation is 2. The van der Waals surface area contributed by atoms with Gasteiger partial charge in [0.15, 0.2) is 0 Å². The summed E-state index contributed by atoms with van der Waals surface area (Å²) in [5, 5.41) is 4.30. The van der Waals surface area contributed by atoms with Crippen LogP contribution in [0, 0.1) is 6.92 Å². The highest BCUT2D eigenvalue weighted by Crippen LogP contribution is 2.32. The van der Waals surface area contributed by atoms with E-state index in [1.54, 1.807) is 4.90 Å². The number of nitrogens with zero attached hydrogens (tertiary/aromatic N) is 3. The fourth-order valence-electron chi connectivity index (χ4n) is 2.30. The molecule has 19 heavy (non-hydrogen) atoms. The molecule has 0 saturated carbocycles. The standard InChI is InChI=1S/C13H22N4O2/c1-8-10(14)11(16(5)15-8)9-6-17(7-9)12(18)19-13(2,3)4/h9H,6-7,14H2,1-5H3. The van der Waals surface area contributed by atoms with Crippen LogP contribution in [0.2, 0.25) is 0 Å². The van der Waals surface area contributed by atoms with Crippen LogP contribution < -0.4 is 5.73 Å². The van der Waals surface area contributed by atoms with Gasteiger partial charge in [0.1, 0.15) is 5.60 Å². The van der Waals surface area contributed by atoms with Crippen molar-refractivity contribution >= 4 is 11.8 Å². The maximum absolute atomic E-state index is 11.8. The molecule has 1 amide bonds. The zero-order chi connectivity index (χ0) is 14.4. The summed E-state index contributed by atoms with van der Waals surface area (Å²) in [7, 11) is 1.88. The number of hydrogen-bond acceptors (Lipinski definition) is 4. The fraction of sp³-hybridized carbons (Fsp3) is 0.692. The van der Waals surface area contributed by atoms with Gasteiger partial charge in [-0.05, 0) is 27.7 Å². The van der Waals surface area contributed by atoms with Crippen LogP contribution in [0.3, 0.4) is 0 Å². The van der Waals surface area contributed by atoms with Crippen molar-refractivity contribution in [2.75, 3.05) is 18.8 Å². The highest BCUT2D eigenvalue weighted by molar-refractivity contribution is 5.70. The van der Waals surface area contributed by atoms with E-state index < -0.39 is 5.60 Å².